The number of hydrogen-bond acceptors (Lipinski definition) is 7. The summed E-state index contributed by atoms with van der Waals surface area (Å²) < 4.78 is 0. The molecule has 0 spiro atoms. The molecule has 0 fully saturated rings. The van der Waals surface area contributed by atoms with Crippen LogP contribution in [0.25, 0.3) is 0 Å². The van der Waals surface area contributed by atoms with Crippen molar-refractivity contribution in [2.45, 2.75) is 0 Å². The van der Waals surface area contributed by atoms with Gasteiger partial charge in [-0.25, -0.2) is 11.7 Å². The number of nitrogens with zero attached hydrogens (tertiary/aromatic N) is 1. The maximum Gasteiger partial charge on any atom is 0.267 e. The number of hydrazine groups is 2. The summed E-state index contributed by atoms with van der Waals surface area (Å²) >= 11 is 0. The maximum atomic E-state index is 11.3. The number of nitrogen functional groups attached to an aromatic ring is 2. The molecular formula is C8H10N5O4-. The zero-order valence-corrected chi connectivity index (χ0v) is 8.51. The number of amides is 2. The van der Waals surface area contributed by atoms with E-state index in [0.717, 1.165) is 12.1 Å². The van der Waals surface area contributed by atoms with Crippen LogP contribution in [0.5, 0.6) is 0 Å². The summed E-state index contributed by atoms with van der Waals surface area (Å²) in [5.41, 5.74) is 3.04. The van der Waals surface area contributed by atoms with Crippen LogP contribution in [0.1, 0.15) is 20.7 Å². The highest BCUT2D eigenvalue weighted by atomic mass is 16.8. The molecule has 0 aliphatic heterocycles. The quantitative estimate of drug-likeness (QED) is 0.246. The number of anilines is 1. The van der Waals surface area contributed by atoms with Gasteiger partial charge in [-0.3, -0.25) is 25.6 Å². The lowest BCUT2D eigenvalue weighted by Gasteiger charge is -2.24. The van der Waals surface area contributed by atoms with Crippen LogP contribution >= 0.6 is 0 Å². The van der Waals surface area contributed by atoms with Crippen molar-refractivity contribution in [1.82, 2.24) is 10.9 Å². The van der Waals surface area contributed by atoms with Crippen molar-refractivity contribution in [3.8, 4) is 0 Å². The van der Waals surface area contributed by atoms with E-state index < -0.39 is 22.7 Å². The minimum atomic E-state index is -0.783. The van der Waals surface area contributed by atoms with E-state index in [1.54, 1.807) is 5.43 Å². The van der Waals surface area contributed by atoms with Gasteiger partial charge in [0.2, 0.25) is 0 Å². The first kappa shape index (κ1) is 12.9. The average Bonchev–Trinajstić information content (AvgIpc) is 2.35. The average molecular weight is 240 g/mol. The van der Waals surface area contributed by atoms with E-state index in [0.29, 0.717) is 0 Å². The van der Waals surface area contributed by atoms with E-state index in [1.807, 2.05) is 5.43 Å². The Morgan fingerprint density at radius 2 is 1.82 bits per heavy atom. The smallest absolute Gasteiger partial charge is 0.267 e. The van der Waals surface area contributed by atoms with E-state index in [-0.39, 0.29) is 11.1 Å². The first-order valence-corrected chi connectivity index (χ1v) is 4.33. The molecule has 92 valence electrons. The predicted molar refractivity (Wildman–Crippen MR) is 57.4 cm³/mol. The highest BCUT2D eigenvalue weighted by molar-refractivity contribution is 6.02. The van der Waals surface area contributed by atoms with Crippen molar-refractivity contribution in [2.24, 2.45) is 11.7 Å². The standard InChI is InChI=1S/C8H10N5O4/c9-11-7(14)4-1-2-5(8(15)12-10)6(3-4)13(16)17/h1-3,16H,9-10H2,(H,11,14)(H,12,15)/q-1. The third-order valence-corrected chi connectivity index (χ3v) is 1.97. The van der Waals surface area contributed by atoms with Crippen molar-refractivity contribution < 1.29 is 14.8 Å². The second-order valence-corrected chi connectivity index (χ2v) is 2.95. The van der Waals surface area contributed by atoms with E-state index >= 15 is 0 Å². The minimum absolute atomic E-state index is 0.00553. The Hall–Kier alpha value is -2.20. The molecule has 0 saturated carbocycles. The van der Waals surface area contributed by atoms with Gasteiger partial charge in [-0.1, -0.05) is 0 Å². The summed E-state index contributed by atoms with van der Waals surface area (Å²) in [6.45, 7) is 0. The first-order valence-electron chi connectivity index (χ1n) is 4.33. The number of hydrogen-bond donors (Lipinski definition) is 5. The Morgan fingerprint density at radius 3 is 2.29 bits per heavy atom. The second-order valence-electron chi connectivity index (χ2n) is 2.95. The summed E-state index contributed by atoms with van der Waals surface area (Å²) in [5, 5.41) is 19.1. The summed E-state index contributed by atoms with van der Waals surface area (Å²) in [4.78, 5) is 22.4. The first-order chi connectivity index (χ1) is 8.01. The molecule has 9 heteroatoms. The molecule has 17 heavy (non-hydrogen) atoms. The SMILES string of the molecule is NNC(=O)c1ccc(C(=O)NN)c(N([O-])O)c1. The van der Waals surface area contributed by atoms with Gasteiger partial charge in [0.1, 0.15) is 0 Å². The Bertz CT molecular complexity index is 448. The summed E-state index contributed by atoms with van der Waals surface area (Å²) in [7, 11) is 0. The van der Waals surface area contributed by atoms with E-state index in [2.05, 4.69) is 0 Å². The van der Waals surface area contributed by atoms with Gasteiger partial charge in [0.05, 0.1) is 11.3 Å². The van der Waals surface area contributed by atoms with Gasteiger partial charge in [0.15, 0.2) is 0 Å². The van der Waals surface area contributed by atoms with Crippen LogP contribution in [-0.4, -0.2) is 17.0 Å². The van der Waals surface area contributed by atoms with Crippen molar-refractivity contribution in [3.63, 3.8) is 0 Å². The monoisotopic (exact) mass is 240 g/mol. The number of benzene rings is 1. The van der Waals surface area contributed by atoms with E-state index in [4.69, 9.17) is 16.9 Å². The minimum Gasteiger partial charge on any atom is -0.733 e. The topological polar surface area (TPSA) is 157 Å². The molecule has 0 aromatic heterocycles. The van der Waals surface area contributed by atoms with Crippen molar-refractivity contribution in [1.29, 1.82) is 0 Å². The predicted octanol–water partition coefficient (Wildman–Crippen LogP) is -1.41. The van der Waals surface area contributed by atoms with Gasteiger partial charge < -0.3 is 10.4 Å². The Morgan fingerprint density at radius 1 is 1.24 bits per heavy atom. The van der Waals surface area contributed by atoms with Crippen LogP contribution in [0.4, 0.5) is 5.69 Å². The third kappa shape index (κ3) is 2.68. The Kier molecular flexibility index (Phi) is 3.96. The Balaban J connectivity index is 3.26. The van der Waals surface area contributed by atoms with Gasteiger partial charge in [0.25, 0.3) is 11.8 Å². The zero-order chi connectivity index (χ0) is 13.0. The fourth-order valence-electron chi connectivity index (χ4n) is 1.18. The molecule has 0 aliphatic carbocycles. The van der Waals surface area contributed by atoms with Crippen LogP contribution in [0.2, 0.25) is 0 Å². The lowest BCUT2D eigenvalue weighted by Crippen LogP contribution is -2.32. The molecule has 1 aromatic rings. The number of carbonyl (C=O) groups excluding carboxylic acids is 2. The van der Waals surface area contributed by atoms with Crippen molar-refractivity contribution in [3.05, 3.63) is 34.5 Å². The molecule has 0 unspecified atom stereocenters. The highest BCUT2D eigenvalue weighted by Crippen LogP contribution is 2.20. The van der Waals surface area contributed by atoms with Crippen LogP contribution in [-0.2, 0) is 0 Å². The molecule has 9 nitrogen and oxygen atoms in total. The number of rotatable bonds is 3. The largest absolute Gasteiger partial charge is 0.733 e. The normalized spacial score (nSPS) is 9.65. The third-order valence-electron chi connectivity index (χ3n) is 1.97. The molecule has 1 aromatic carbocycles. The van der Waals surface area contributed by atoms with Crippen LogP contribution in [0.15, 0.2) is 18.2 Å². The van der Waals surface area contributed by atoms with Gasteiger partial charge >= 0.3 is 0 Å². The van der Waals surface area contributed by atoms with Crippen LogP contribution in [0.3, 0.4) is 0 Å². The summed E-state index contributed by atoms with van der Waals surface area (Å²) in [5.74, 6) is 8.34. The van der Waals surface area contributed by atoms with Crippen molar-refractivity contribution >= 4 is 17.5 Å². The second kappa shape index (κ2) is 5.23. The maximum absolute atomic E-state index is 11.3. The fourth-order valence-corrected chi connectivity index (χ4v) is 1.18. The lowest BCUT2D eigenvalue weighted by molar-refractivity contribution is 0.0941. The molecule has 0 heterocycles. The Labute approximate surface area is 95.5 Å². The van der Waals surface area contributed by atoms with E-state index in [9.17, 15) is 14.8 Å². The molecule has 0 aliphatic rings. The molecule has 0 radical (unpaired) electrons. The molecule has 1 rings (SSSR count). The summed E-state index contributed by atoms with van der Waals surface area (Å²) in [6, 6.07) is 3.41. The number of carbonyl (C=O) groups is 2. The lowest BCUT2D eigenvalue weighted by atomic mass is 10.1. The van der Waals surface area contributed by atoms with Gasteiger partial charge in [-0.05, 0) is 18.2 Å². The molecule has 0 saturated heterocycles. The van der Waals surface area contributed by atoms with Crippen LogP contribution < -0.4 is 27.8 Å². The van der Waals surface area contributed by atoms with Crippen molar-refractivity contribution in [2.75, 3.05) is 5.23 Å². The number of nitrogens with one attached hydrogen (secondary N) is 2. The van der Waals surface area contributed by atoms with Gasteiger partial charge in [-0.15, -0.1) is 0 Å². The molecule has 7 N–H and O–H groups in total. The van der Waals surface area contributed by atoms with Gasteiger partial charge in [-0.2, -0.15) is 0 Å². The molecule has 2 amide bonds. The van der Waals surface area contributed by atoms with Crippen LogP contribution in [0, 0.1) is 5.21 Å². The van der Waals surface area contributed by atoms with E-state index in [1.165, 1.54) is 6.07 Å². The number of nitrogens with two attached hydrogens (primary N) is 2. The highest BCUT2D eigenvalue weighted by Gasteiger charge is 2.14. The summed E-state index contributed by atoms with van der Waals surface area (Å²) in [6.07, 6.45) is 0. The zero-order valence-electron chi connectivity index (χ0n) is 8.51. The fraction of sp³-hybridized carbons (Fsp3) is 0. The molecular weight excluding hydrogens is 230 g/mol. The van der Waals surface area contributed by atoms with Gasteiger partial charge in [0, 0.05) is 5.56 Å². The molecule has 0 atom stereocenters. The molecule has 0 bridgehead atoms.